The highest BCUT2D eigenvalue weighted by atomic mass is 35.5. The van der Waals surface area contributed by atoms with Crippen molar-refractivity contribution in [3.63, 3.8) is 0 Å². The minimum absolute atomic E-state index is 0.00575. The second-order valence-corrected chi connectivity index (χ2v) is 6.38. The lowest BCUT2D eigenvalue weighted by molar-refractivity contribution is 0.0326. The molecule has 1 aromatic carbocycles. The summed E-state index contributed by atoms with van der Waals surface area (Å²) in [5, 5.41) is 0.188. The minimum atomic E-state index is -0.418. The van der Waals surface area contributed by atoms with Gasteiger partial charge in [-0.15, -0.1) is 0 Å². The number of halogens is 1. The van der Waals surface area contributed by atoms with E-state index in [9.17, 15) is 9.59 Å². The van der Waals surface area contributed by atoms with Crippen molar-refractivity contribution in [3.8, 4) is 0 Å². The summed E-state index contributed by atoms with van der Waals surface area (Å²) in [6, 6.07) is 6.60. The molecule has 0 aromatic heterocycles. The summed E-state index contributed by atoms with van der Waals surface area (Å²) in [5.74, 6) is -0.418. The maximum absolute atomic E-state index is 11.9. The molecule has 0 aliphatic heterocycles. The zero-order valence-electron chi connectivity index (χ0n) is 12.3. The molecule has 6 heteroatoms. The first-order chi connectivity index (χ1) is 9.92. The van der Waals surface area contributed by atoms with Gasteiger partial charge in [0.1, 0.15) is 6.10 Å². The van der Waals surface area contributed by atoms with Crippen LogP contribution >= 0.6 is 23.4 Å². The minimum Gasteiger partial charge on any atom is -0.459 e. The van der Waals surface area contributed by atoms with Gasteiger partial charge in [0.25, 0.3) is 0 Å². The topological polar surface area (TPSA) is 52.6 Å². The fraction of sp³-hybridized carbons (Fsp3) is 0.467. The Labute approximate surface area is 134 Å². The summed E-state index contributed by atoms with van der Waals surface area (Å²) in [5.41, 5.74) is 0.417. The second kappa shape index (κ2) is 8.95. The van der Waals surface area contributed by atoms with Gasteiger partial charge in [0.2, 0.25) is 0 Å². The van der Waals surface area contributed by atoms with E-state index < -0.39 is 5.97 Å². The van der Waals surface area contributed by atoms with Crippen LogP contribution in [0.3, 0.4) is 0 Å². The van der Waals surface area contributed by atoms with E-state index in [2.05, 4.69) is 0 Å². The van der Waals surface area contributed by atoms with Crippen molar-refractivity contribution < 1.29 is 19.1 Å². The summed E-state index contributed by atoms with van der Waals surface area (Å²) in [4.78, 5) is 23.3. The lowest BCUT2D eigenvalue weighted by atomic mass is 10.2. The smallest absolute Gasteiger partial charge is 0.367 e. The molecule has 116 valence electrons. The van der Waals surface area contributed by atoms with Gasteiger partial charge in [-0.3, -0.25) is 0 Å². The Morgan fingerprint density at radius 3 is 2.67 bits per heavy atom. The molecule has 2 atom stereocenters. The first-order valence-electron chi connectivity index (χ1n) is 6.72. The molecule has 0 amide bonds. The molecule has 4 nitrogen and oxygen atoms in total. The number of ether oxygens (including phenoxy) is 2. The third-order valence-corrected chi connectivity index (χ3v) is 3.73. The number of esters is 1. The van der Waals surface area contributed by atoms with Crippen LogP contribution in [0.25, 0.3) is 0 Å². The molecule has 0 radical (unpaired) electrons. The van der Waals surface area contributed by atoms with Gasteiger partial charge >= 0.3 is 11.3 Å². The van der Waals surface area contributed by atoms with Crippen molar-refractivity contribution in [2.45, 2.75) is 38.5 Å². The Hall–Kier alpha value is -1.20. The van der Waals surface area contributed by atoms with Crippen LogP contribution in [0.15, 0.2) is 24.3 Å². The average Bonchev–Trinajstić information content (AvgIpc) is 2.38. The van der Waals surface area contributed by atoms with Crippen molar-refractivity contribution in [2.75, 3.05) is 6.61 Å². The third-order valence-electron chi connectivity index (χ3n) is 2.59. The van der Waals surface area contributed by atoms with Gasteiger partial charge in [0.15, 0.2) is 0 Å². The van der Waals surface area contributed by atoms with Crippen molar-refractivity contribution in [3.05, 3.63) is 34.9 Å². The fourth-order valence-corrected chi connectivity index (χ4v) is 2.82. The maximum Gasteiger partial charge on any atom is 0.367 e. The first-order valence-corrected chi connectivity index (χ1v) is 7.98. The highest BCUT2D eigenvalue weighted by molar-refractivity contribution is 8.13. The molecule has 0 aliphatic rings. The number of rotatable bonds is 6. The van der Waals surface area contributed by atoms with Crippen LogP contribution in [0, 0.1) is 0 Å². The Morgan fingerprint density at radius 2 is 2.05 bits per heavy atom. The summed E-state index contributed by atoms with van der Waals surface area (Å²) < 4.78 is 10.2. The van der Waals surface area contributed by atoms with Crippen molar-refractivity contribution in [1.29, 1.82) is 0 Å². The highest BCUT2D eigenvalue weighted by Crippen LogP contribution is 2.20. The summed E-state index contributed by atoms with van der Waals surface area (Å²) in [7, 11) is 0. The third kappa shape index (κ3) is 6.87. The molecule has 0 aliphatic carbocycles. The molecule has 2 unspecified atom stereocenters. The number of carbonyl (C=O) groups excluding carboxylic acids is 2. The summed E-state index contributed by atoms with van der Waals surface area (Å²) in [6.07, 6.45) is 0.267. The lowest BCUT2D eigenvalue weighted by Gasteiger charge is -2.17. The van der Waals surface area contributed by atoms with Gasteiger partial charge in [-0.05, 0) is 50.2 Å². The molecule has 0 heterocycles. The lowest BCUT2D eigenvalue weighted by Crippen LogP contribution is -2.19. The predicted molar refractivity (Wildman–Crippen MR) is 85.0 cm³/mol. The number of thioether (sulfide) groups is 1. The molecule has 0 saturated carbocycles. The molecule has 0 spiro atoms. The quantitative estimate of drug-likeness (QED) is 0.716. The standard InChI is InChI=1S/C15H19ClO4S/c1-4-19-15(18)21-11(3)8-10(2)20-14(17)12-6-5-7-13(16)9-12/h5-7,9-11H,4,8H2,1-3H3. The number of carbonyl (C=O) groups is 2. The first kappa shape index (κ1) is 17.9. The Bertz CT molecular complexity index is 492. The maximum atomic E-state index is 11.9. The van der Waals surface area contributed by atoms with Gasteiger partial charge in [0, 0.05) is 10.3 Å². The number of hydrogen-bond donors (Lipinski definition) is 0. The van der Waals surface area contributed by atoms with Crippen LogP contribution in [-0.4, -0.2) is 29.2 Å². The van der Waals surface area contributed by atoms with E-state index in [1.165, 1.54) is 0 Å². The van der Waals surface area contributed by atoms with Crippen LogP contribution in [0.4, 0.5) is 4.79 Å². The molecular formula is C15H19ClO4S. The second-order valence-electron chi connectivity index (χ2n) is 4.57. The molecule has 0 saturated heterocycles. The number of benzene rings is 1. The largest absolute Gasteiger partial charge is 0.459 e. The SMILES string of the molecule is CCOC(=O)SC(C)CC(C)OC(=O)c1cccc(Cl)c1. The molecule has 0 bridgehead atoms. The Balaban J connectivity index is 2.44. The normalized spacial score (nSPS) is 13.3. The van der Waals surface area contributed by atoms with E-state index in [4.69, 9.17) is 21.1 Å². The Kier molecular flexibility index (Phi) is 7.61. The van der Waals surface area contributed by atoms with Crippen LogP contribution in [0.1, 0.15) is 37.6 Å². The van der Waals surface area contributed by atoms with Gasteiger partial charge < -0.3 is 9.47 Å². The highest BCUT2D eigenvalue weighted by Gasteiger charge is 2.18. The van der Waals surface area contributed by atoms with Crippen LogP contribution in [-0.2, 0) is 9.47 Å². The van der Waals surface area contributed by atoms with Crippen molar-refractivity contribution in [1.82, 2.24) is 0 Å². The van der Waals surface area contributed by atoms with E-state index in [-0.39, 0.29) is 16.7 Å². The van der Waals surface area contributed by atoms with Gasteiger partial charge in [0.05, 0.1) is 12.2 Å². The van der Waals surface area contributed by atoms with Gasteiger partial charge in [-0.25, -0.2) is 9.59 Å². The van der Waals surface area contributed by atoms with Crippen molar-refractivity contribution in [2.24, 2.45) is 0 Å². The molecule has 0 N–H and O–H groups in total. The zero-order valence-corrected chi connectivity index (χ0v) is 13.9. The van der Waals surface area contributed by atoms with E-state index in [0.717, 1.165) is 11.8 Å². The van der Waals surface area contributed by atoms with Crippen molar-refractivity contribution >= 4 is 34.6 Å². The summed E-state index contributed by atoms with van der Waals surface area (Å²) >= 11 is 6.94. The van der Waals surface area contributed by atoms with E-state index in [1.54, 1.807) is 38.1 Å². The molecule has 1 aromatic rings. The molecule has 0 fully saturated rings. The van der Waals surface area contributed by atoms with Gasteiger partial charge in [-0.2, -0.15) is 0 Å². The van der Waals surface area contributed by atoms with Gasteiger partial charge in [-0.1, -0.05) is 24.6 Å². The molecule has 21 heavy (non-hydrogen) atoms. The summed E-state index contributed by atoms with van der Waals surface area (Å²) in [6.45, 7) is 5.81. The predicted octanol–water partition coefficient (Wildman–Crippen LogP) is 4.55. The number of hydrogen-bond acceptors (Lipinski definition) is 5. The van der Waals surface area contributed by atoms with E-state index >= 15 is 0 Å². The van der Waals surface area contributed by atoms with Crippen LogP contribution < -0.4 is 0 Å². The average molecular weight is 331 g/mol. The van der Waals surface area contributed by atoms with E-state index in [1.807, 2.05) is 6.92 Å². The molecular weight excluding hydrogens is 312 g/mol. The van der Waals surface area contributed by atoms with Crippen LogP contribution in [0.2, 0.25) is 5.02 Å². The zero-order chi connectivity index (χ0) is 15.8. The fourth-order valence-electron chi connectivity index (χ4n) is 1.75. The molecule has 1 rings (SSSR count). The monoisotopic (exact) mass is 330 g/mol. The van der Waals surface area contributed by atoms with E-state index in [0.29, 0.717) is 23.6 Å². The van der Waals surface area contributed by atoms with Crippen LogP contribution in [0.5, 0.6) is 0 Å². The Morgan fingerprint density at radius 1 is 1.33 bits per heavy atom.